The number of para-hydroxylation sites is 2. The van der Waals surface area contributed by atoms with Gasteiger partial charge in [0.1, 0.15) is 11.8 Å². The van der Waals surface area contributed by atoms with Crippen LogP contribution in [0.4, 0.5) is 0 Å². The van der Waals surface area contributed by atoms with E-state index in [1.165, 1.54) is 0 Å². The van der Waals surface area contributed by atoms with Gasteiger partial charge in [0.25, 0.3) is 0 Å². The van der Waals surface area contributed by atoms with Crippen LogP contribution in [0.15, 0.2) is 85.2 Å². The van der Waals surface area contributed by atoms with Crippen molar-refractivity contribution >= 4 is 21.8 Å². The van der Waals surface area contributed by atoms with Gasteiger partial charge in [-0.2, -0.15) is 0 Å². The third-order valence-electron chi connectivity index (χ3n) is 5.97. The molecule has 0 aliphatic heterocycles. The molecular weight excluding hydrogens is 603 g/mol. The Hall–Kier alpha value is -3.63. The zero-order chi connectivity index (χ0) is 22.4. The molecular formula is C27H20N6Pt. The van der Waals surface area contributed by atoms with Crippen LogP contribution in [0.1, 0.15) is 25.4 Å². The van der Waals surface area contributed by atoms with Gasteiger partial charge in [0.05, 0.1) is 11.2 Å². The van der Waals surface area contributed by atoms with E-state index in [0.717, 1.165) is 33.3 Å². The monoisotopic (exact) mass is 623 g/mol. The average molecular weight is 624 g/mol. The molecule has 0 N–H and O–H groups in total. The largest absolute Gasteiger partial charge is 2.00 e. The van der Waals surface area contributed by atoms with Crippen LogP contribution in [0.25, 0.3) is 33.6 Å². The maximum Gasteiger partial charge on any atom is 2.00 e. The summed E-state index contributed by atoms with van der Waals surface area (Å²) in [6.07, 6.45) is 10.1. The third kappa shape index (κ3) is 3.64. The molecule has 0 saturated heterocycles. The number of fused-ring (bicyclic) bond motifs is 2. The molecule has 4 aromatic heterocycles. The van der Waals surface area contributed by atoms with Gasteiger partial charge in [-0.3, -0.25) is 15.0 Å². The summed E-state index contributed by atoms with van der Waals surface area (Å²) in [6, 6.07) is 24.0. The Bertz CT molecular complexity index is 1490. The first-order valence-corrected chi connectivity index (χ1v) is 10.8. The van der Waals surface area contributed by atoms with Gasteiger partial charge in [-0.05, 0) is 26.0 Å². The van der Waals surface area contributed by atoms with Crippen LogP contribution >= 0.6 is 0 Å². The van der Waals surface area contributed by atoms with Crippen molar-refractivity contribution in [3.8, 4) is 11.8 Å². The van der Waals surface area contributed by atoms with Gasteiger partial charge in [-0.25, -0.2) is 4.98 Å². The maximum absolute atomic E-state index is 4.90. The van der Waals surface area contributed by atoms with E-state index < -0.39 is 5.41 Å². The second kappa shape index (κ2) is 8.62. The SMILES string of the molecule is CC(C)(c1ccnc(-n2[c-]cc3ccccc32)n1)c1nccc(-n2[c-]cc3ccccc32)n1.[Pt+2]. The van der Waals surface area contributed by atoms with Crippen molar-refractivity contribution in [2.75, 3.05) is 0 Å². The van der Waals surface area contributed by atoms with E-state index in [2.05, 4.69) is 54.4 Å². The van der Waals surface area contributed by atoms with Gasteiger partial charge in [-0.15, -0.1) is 35.0 Å². The Morgan fingerprint density at radius 2 is 1.32 bits per heavy atom. The molecule has 6 nitrogen and oxygen atoms in total. The van der Waals surface area contributed by atoms with Crippen LogP contribution in [-0.4, -0.2) is 29.1 Å². The Kier molecular flexibility index (Phi) is 5.62. The summed E-state index contributed by atoms with van der Waals surface area (Å²) in [5, 5.41) is 2.21. The minimum Gasteiger partial charge on any atom is -0.429 e. The van der Waals surface area contributed by atoms with Crippen LogP contribution in [0, 0.1) is 12.4 Å². The molecule has 6 aromatic rings. The van der Waals surface area contributed by atoms with Crippen molar-refractivity contribution in [3.63, 3.8) is 0 Å². The topological polar surface area (TPSA) is 61.4 Å². The second-order valence-corrected chi connectivity index (χ2v) is 8.44. The maximum atomic E-state index is 4.90. The molecule has 0 fully saturated rings. The summed E-state index contributed by atoms with van der Waals surface area (Å²) >= 11 is 0. The Balaban J connectivity index is 0.00000241. The molecule has 0 saturated carbocycles. The van der Waals surface area contributed by atoms with E-state index >= 15 is 0 Å². The average Bonchev–Trinajstić information content (AvgIpc) is 3.49. The van der Waals surface area contributed by atoms with Crippen molar-refractivity contribution in [2.24, 2.45) is 0 Å². The fourth-order valence-electron chi connectivity index (χ4n) is 4.08. The van der Waals surface area contributed by atoms with E-state index in [-0.39, 0.29) is 21.1 Å². The molecule has 0 amide bonds. The molecule has 0 radical (unpaired) electrons. The minimum absolute atomic E-state index is 0. The van der Waals surface area contributed by atoms with E-state index in [1.807, 2.05) is 63.7 Å². The molecule has 0 aliphatic carbocycles. The predicted molar refractivity (Wildman–Crippen MR) is 128 cm³/mol. The van der Waals surface area contributed by atoms with Crippen LogP contribution in [0.2, 0.25) is 0 Å². The Morgan fingerprint density at radius 3 is 2.06 bits per heavy atom. The van der Waals surface area contributed by atoms with Crippen LogP contribution in [-0.2, 0) is 26.5 Å². The first-order chi connectivity index (χ1) is 16.1. The number of rotatable bonds is 4. The normalized spacial score (nSPS) is 11.6. The van der Waals surface area contributed by atoms with Crippen molar-refractivity contribution < 1.29 is 21.1 Å². The summed E-state index contributed by atoms with van der Waals surface area (Å²) < 4.78 is 3.84. The van der Waals surface area contributed by atoms with Crippen molar-refractivity contribution in [3.05, 3.63) is 109 Å². The van der Waals surface area contributed by atoms with E-state index in [1.54, 1.807) is 12.4 Å². The number of hydrogen-bond acceptors (Lipinski definition) is 4. The second-order valence-electron chi connectivity index (χ2n) is 8.44. The Labute approximate surface area is 211 Å². The number of nitrogens with zero attached hydrogens (tertiary/aromatic N) is 6. The van der Waals surface area contributed by atoms with Crippen LogP contribution < -0.4 is 0 Å². The summed E-state index contributed by atoms with van der Waals surface area (Å²) in [7, 11) is 0. The van der Waals surface area contributed by atoms with Gasteiger partial charge >= 0.3 is 21.1 Å². The van der Waals surface area contributed by atoms with Crippen molar-refractivity contribution in [1.82, 2.24) is 29.1 Å². The molecule has 2 aromatic carbocycles. The summed E-state index contributed by atoms with van der Waals surface area (Å²) in [4.78, 5) is 18.9. The number of aromatic nitrogens is 6. The number of hydrogen-bond donors (Lipinski definition) is 0. The molecule has 0 atom stereocenters. The van der Waals surface area contributed by atoms with Crippen LogP contribution in [0.5, 0.6) is 0 Å². The first kappa shape index (κ1) is 22.2. The zero-order valence-corrected chi connectivity index (χ0v) is 20.9. The zero-order valence-electron chi connectivity index (χ0n) is 18.6. The molecule has 0 bridgehead atoms. The fraction of sp³-hybridized carbons (Fsp3) is 0.111. The minimum atomic E-state index is -0.542. The summed E-state index contributed by atoms with van der Waals surface area (Å²) in [5.74, 6) is 2.02. The van der Waals surface area contributed by atoms with E-state index in [4.69, 9.17) is 9.97 Å². The fourth-order valence-corrected chi connectivity index (χ4v) is 4.08. The first-order valence-electron chi connectivity index (χ1n) is 10.8. The van der Waals surface area contributed by atoms with Gasteiger partial charge in [-0.1, -0.05) is 59.8 Å². The molecule has 7 heteroatoms. The Morgan fingerprint density at radius 1 is 0.706 bits per heavy atom. The van der Waals surface area contributed by atoms with Gasteiger partial charge in [0, 0.05) is 18.1 Å². The molecule has 4 heterocycles. The summed E-state index contributed by atoms with van der Waals surface area (Å²) in [5.41, 5.74) is 2.36. The van der Waals surface area contributed by atoms with Crippen molar-refractivity contribution in [2.45, 2.75) is 19.3 Å². The molecule has 0 unspecified atom stereocenters. The predicted octanol–water partition coefficient (Wildman–Crippen LogP) is 5.08. The molecule has 0 aliphatic rings. The van der Waals surface area contributed by atoms with E-state index in [0.29, 0.717) is 11.8 Å². The van der Waals surface area contributed by atoms with E-state index in [9.17, 15) is 0 Å². The number of benzene rings is 2. The summed E-state index contributed by atoms with van der Waals surface area (Å²) in [6.45, 7) is 4.15. The molecule has 168 valence electrons. The van der Waals surface area contributed by atoms with Gasteiger partial charge in [0.15, 0.2) is 0 Å². The smallest absolute Gasteiger partial charge is 0.429 e. The van der Waals surface area contributed by atoms with Gasteiger partial charge in [0.2, 0.25) is 0 Å². The molecule has 34 heavy (non-hydrogen) atoms. The van der Waals surface area contributed by atoms with Gasteiger partial charge < -0.3 is 9.13 Å². The quantitative estimate of drug-likeness (QED) is 0.257. The third-order valence-corrected chi connectivity index (χ3v) is 5.97. The van der Waals surface area contributed by atoms with Crippen molar-refractivity contribution in [1.29, 1.82) is 0 Å². The molecule has 6 rings (SSSR count). The molecule has 0 spiro atoms. The standard InChI is InChI=1S/C27H20N6.Pt/c1-27(2,23-11-15-29-26(30-23)33-18-14-20-8-4-6-10-22(20)33)25-28-16-12-24(31-25)32-17-13-19-7-3-5-9-21(19)32;/h3-16H,1-2H3;/q-2;+2. The van der Waals surface area contributed by atoms with Crippen LogP contribution in [0.3, 0.4) is 0 Å².